The van der Waals surface area contributed by atoms with Gasteiger partial charge in [-0.1, -0.05) is 11.6 Å². The van der Waals surface area contributed by atoms with Gasteiger partial charge in [0.1, 0.15) is 6.10 Å². The molecule has 0 radical (unpaired) electrons. The maximum absolute atomic E-state index is 5.64. The van der Waals surface area contributed by atoms with Gasteiger partial charge in [-0.2, -0.15) is 11.8 Å². The molecule has 70 valence electrons. The molecule has 1 aromatic heterocycles. The molecule has 1 aliphatic heterocycles. The van der Waals surface area contributed by atoms with Crippen LogP contribution in [0.1, 0.15) is 6.42 Å². The van der Waals surface area contributed by atoms with E-state index in [1.54, 1.807) is 12.4 Å². The lowest BCUT2D eigenvalue weighted by Gasteiger charge is -2.09. The van der Waals surface area contributed by atoms with Crippen molar-refractivity contribution in [3.63, 3.8) is 0 Å². The summed E-state index contributed by atoms with van der Waals surface area (Å²) >= 11 is 7.54. The Bertz CT molecular complexity index is 274. The first-order valence-electron chi connectivity index (χ1n) is 4.06. The molecule has 5 heteroatoms. The van der Waals surface area contributed by atoms with Crippen LogP contribution in [-0.2, 0) is 0 Å². The monoisotopic (exact) mass is 216 g/mol. The summed E-state index contributed by atoms with van der Waals surface area (Å²) in [6.45, 7) is 0. The van der Waals surface area contributed by atoms with E-state index < -0.39 is 0 Å². The van der Waals surface area contributed by atoms with Crippen LogP contribution in [0.25, 0.3) is 0 Å². The van der Waals surface area contributed by atoms with Crippen LogP contribution < -0.4 is 4.74 Å². The number of thioether (sulfide) groups is 1. The van der Waals surface area contributed by atoms with Gasteiger partial charge < -0.3 is 4.74 Å². The summed E-state index contributed by atoms with van der Waals surface area (Å²) in [5.74, 6) is 2.20. The van der Waals surface area contributed by atoms with E-state index in [1.165, 1.54) is 0 Å². The summed E-state index contributed by atoms with van der Waals surface area (Å²) < 4.78 is 5.53. The molecule has 0 aliphatic carbocycles. The Kier molecular flexibility index (Phi) is 2.90. The average Bonchev–Trinajstić information content (AvgIpc) is 2.62. The van der Waals surface area contributed by atoms with Gasteiger partial charge in [0, 0.05) is 5.75 Å². The minimum Gasteiger partial charge on any atom is -0.459 e. The van der Waals surface area contributed by atoms with Crippen LogP contribution >= 0.6 is 23.4 Å². The molecule has 1 aliphatic rings. The number of nitrogens with zero attached hydrogens (tertiary/aromatic N) is 2. The Hall–Kier alpha value is -0.480. The van der Waals surface area contributed by atoms with Crippen molar-refractivity contribution in [2.45, 2.75) is 12.5 Å². The maximum atomic E-state index is 5.64. The lowest BCUT2D eigenvalue weighted by molar-refractivity contribution is 0.210. The Balaban J connectivity index is 1.97. The molecular weight excluding hydrogens is 208 g/mol. The summed E-state index contributed by atoms with van der Waals surface area (Å²) in [7, 11) is 0. The lowest BCUT2D eigenvalue weighted by atomic mass is 10.3. The minimum atomic E-state index is 0.270. The van der Waals surface area contributed by atoms with E-state index in [4.69, 9.17) is 16.3 Å². The second kappa shape index (κ2) is 4.15. The van der Waals surface area contributed by atoms with Crippen LogP contribution in [-0.4, -0.2) is 27.6 Å². The molecular formula is C8H9ClN2OS. The predicted molar refractivity (Wildman–Crippen MR) is 53.4 cm³/mol. The summed E-state index contributed by atoms with van der Waals surface area (Å²) in [6.07, 6.45) is 4.44. The van der Waals surface area contributed by atoms with Gasteiger partial charge in [-0.25, -0.2) is 9.97 Å². The first kappa shape index (κ1) is 9.09. The van der Waals surface area contributed by atoms with E-state index in [2.05, 4.69) is 9.97 Å². The van der Waals surface area contributed by atoms with E-state index in [-0.39, 0.29) is 6.10 Å². The van der Waals surface area contributed by atoms with Crippen LogP contribution in [0.15, 0.2) is 12.4 Å². The number of hydrogen-bond donors (Lipinski definition) is 0. The van der Waals surface area contributed by atoms with Crippen molar-refractivity contribution in [3.05, 3.63) is 17.4 Å². The summed E-state index contributed by atoms with van der Waals surface area (Å²) in [5, 5.41) is 0.535. The van der Waals surface area contributed by atoms with Gasteiger partial charge in [0.25, 0.3) is 0 Å². The molecule has 0 bridgehead atoms. The van der Waals surface area contributed by atoms with E-state index >= 15 is 0 Å². The van der Waals surface area contributed by atoms with E-state index in [1.807, 2.05) is 11.8 Å². The number of hydrogen-bond acceptors (Lipinski definition) is 4. The van der Waals surface area contributed by atoms with Gasteiger partial charge >= 0.3 is 6.01 Å². The van der Waals surface area contributed by atoms with Crippen LogP contribution in [0.2, 0.25) is 5.02 Å². The predicted octanol–water partition coefficient (Wildman–Crippen LogP) is 2.01. The zero-order valence-corrected chi connectivity index (χ0v) is 8.51. The fourth-order valence-corrected chi connectivity index (χ4v) is 2.31. The smallest absolute Gasteiger partial charge is 0.316 e. The Labute approximate surface area is 85.9 Å². The van der Waals surface area contributed by atoms with Gasteiger partial charge in [0.2, 0.25) is 0 Å². The Morgan fingerprint density at radius 1 is 1.46 bits per heavy atom. The van der Waals surface area contributed by atoms with Crippen LogP contribution in [0.5, 0.6) is 6.01 Å². The average molecular weight is 217 g/mol. The normalized spacial score (nSPS) is 21.8. The highest BCUT2D eigenvalue weighted by Crippen LogP contribution is 2.21. The number of rotatable bonds is 2. The Morgan fingerprint density at radius 2 is 2.23 bits per heavy atom. The van der Waals surface area contributed by atoms with Gasteiger partial charge in [0.05, 0.1) is 17.4 Å². The quantitative estimate of drug-likeness (QED) is 0.758. The third kappa shape index (κ3) is 2.48. The molecule has 0 aromatic carbocycles. The fraction of sp³-hybridized carbons (Fsp3) is 0.500. The van der Waals surface area contributed by atoms with Crippen LogP contribution in [0, 0.1) is 0 Å². The first-order valence-corrected chi connectivity index (χ1v) is 5.60. The maximum Gasteiger partial charge on any atom is 0.316 e. The topological polar surface area (TPSA) is 35.0 Å². The molecule has 0 amide bonds. The van der Waals surface area contributed by atoms with Crippen LogP contribution in [0.3, 0.4) is 0 Å². The molecule has 1 atom stereocenters. The molecule has 1 fully saturated rings. The number of halogens is 1. The summed E-state index contributed by atoms with van der Waals surface area (Å²) in [4.78, 5) is 7.93. The molecule has 1 aromatic rings. The second-order valence-corrected chi connectivity index (χ2v) is 4.37. The molecule has 0 saturated carbocycles. The van der Waals surface area contributed by atoms with Crippen molar-refractivity contribution in [1.29, 1.82) is 0 Å². The second-order valence-electron chi connectivity index (χ2n) is 2.79. The first-order chi connectivity index (χ1) is 6.34. The van der Waals surface area contributed by atoms with E-state index in [0.717, 1.165) is 17.9 Å². The molecule has 2 rings (SSSR count). The minimum absolute atomic E-state index is 0.270. The molecule has 0 spiro atoms. The standard InChI is InChI=1S/C8H9ClN2OS/c9-6-3-10-8(11-4-6)12-7-1-2-13-5-7/h3-4,7H,1-2,5H2. The highest BCUT2D eigenvalue weighted by atomic mass is 35.5. The number of ether oxygens (including phenoxy) is 1. The SMILES string of the molecule is Clc1cnc(OC2CCSC2)nc1. The largest absolute Gasteiger partial charge is 0.459 e. The van der Waals surface area contributed by atoms with Crippen molar-refractivity contribution in [2.75, 3.05) is 11.5 Å². The Morgan fingerprint density at radius 3 is 2.85 bits per heavy atom. The van der Waals surface area contributed by atoms with Crippen LogP contribution in [0.4, 0.5) is 0 Å². The number of aromatic nitrogens is 2. The molecule has 1 unspecified atom stereocenters. The molecule has 13 heavy (non-hydrogen) atoms. The van der Waals surface area contributed by atoms with Gasteiger partial charge in [-0.05, 0) is 12.2 Å². The molecule has 0 N–H and O–H groups in total. The van der Waals surface area contributed by atoms with Gasteiger partial charge in [0.15, 0.2) is 0 Å². The van der Waals surface area contributed by atoms with Gasteiger partial charge in [-0.15, -0.1) is 0 Å². The summed E-state index contributed by atoms with van der Waals surface area (Å²) in [5.41, 5.74) is 0. The van der Waals surface area contributed by atoms with E-state index in [9.17, 15) is 0 Å². The van der Waals surface area contributed by atoms with Gasteiger partial charge in [-0.3, -0.25) is 0 Å². The highest BCUT2D eigenvalue weighted by molar-refractivity contribution is 7.99. The lowest BCUT2D eigenvalue weighted by Crippen LogP contribution is -2.16. The zero-order chi connectivity index (χ0) is 9.10. The third-order valence-electron chi connectivity index (χ3n) is 1.76. The highest BCUT2D eigenvalue weighted by Gasteiger charge is 2.17. The summed E-state index contributed by atoms with van der Waals surface area (Å²) in [6, 6.07) is 0.428. The van der Waals surface area contributed by atoms with Crippen molar-refractivity contribution in [1.82, 2.24) is 9.97 Å². The van der Waals surface area contributed by atoms with Crippen molar-refractivity contribution >= 4 is 23.4 Å². The zero-order valence-electron chi connectivity index (χ0n) is 6.94. The van der Waals surface area contributed by atoms with Crippen molar-refractivity contribution in [3.8, 4) is 6.01 Å². The third-order valence-corrected chi connectivity index (χ3v) is 3.08. The molecule has 1 saturated heterocycles. The van der Waals surface area contributed by atoms with Crippen molar-refractivity contribution < 1.29 is 4.74 Å². The molecule has 2 heterocycles. The molecule has 3 nitrogen and oxygen atoms in total. The van der Waals surface area contributed by atoms with E-state index in [0.29, 0.717) is 11.0 Å². The van der Waals surface area contributed by atoms with Crippen molar-refractivity contribution in [2.24, 2.45) is 0 Å². The fourth-order valence-electron chi connectivity index (χ4n) is 1.12.